The van der Waals surface area contributed by atoms with Gasteiger partial charge in [0.2, 0.25) is 10.0 Å². The maximum Gasteiger partial charge on any atom is 0.324 e. The Kier molecular flexibility index (Phi) is 3.08. The first kappa shape index (κ1) is 13.3. The average molecular weight is 291 g/mol. The second-order valence-corrected chi connectivity index (χ2v) is 6.54. The highest BCUT2D eigenvalue weighted by molar-refractivity contribution is 7.89. The highest BCUT2D eigenvalue weighted by Gasteiger charge is 2.53. The van der Waals surface area contributed by atoms with E-state index in [1.165, 1.54) is 19.2 Å². The normalized spacial score (nSPS) is 24.6. The summed E-state index contributed by atoms with van der Waals surface area (Å²) in [6.45, 7) is 1.56. The van der Waals surface area contributed by atoms with Crippen LogP contribution in [-0.4, -0.2) is 40.9 Å². The van der Waals surface area contributed by atoms with Crippen LogP contribution in [0.5, 0.6) is 0 Å². The van der Waals surface area contributed by atoms with Crippen molar-refractivity contribution < 1.29 is 18.3 Å². The fourth-order valence-corrected chi connectivity index (χ4v) is 3.79. The fourth-order valence-electron chi connectivity index (χ4n) is 1.80. The van der Waals surface area contributed by atoms with Crippen molar-refractivity contribution in [1.29, 1.82) is 0 Å². The molecule has 1 aromatic rings. The lowest BCUT2D eigenvalue weighted by atomic mass is 9.90. The van der Waals surface area contributed by atoms with Crippen molar-refractivity contribution >= 4 is 27.6 Å². The van der Waals surface area contributed by atoms with Gasteiger partial charge in [0.05, 0.1) is 5.02 Å². The number of hydrogen-bond donors (Lipinski definition) is 1. The standard InChI is InChI=1S/C10H11ClN2O4S/c1-10(9(14)15)2-3-13(10)18(16,17)8-4-7(11)5-12-6-8/h4-6H,2-3H2,1H3,(H,14,15). The molecule has 0 saturated carbocycles. The highest BCUT2D eigenvalue weighted by atomic mass is 35.5. The maximum atomic E-state index is 12.3. The highest BCUT2D eigenvalue weighted by Crippen LogP contribution is 2.36. The van der Waals surface area contributed by atoms with Gasteiger partial charge in [-0.15, -0.1) is 0 Å². The summed E-state index contributed by atoms with van der Waals surface area (Å²) in [7, 11) is -3.87. The van der Waals surface area contributed by atoms with Gasteiger partial charge in [0.25, 0.3) is 0 Å². The number of hydrogen-bond acceptors (Lipinski definition) is 4. The number of sulfonamides is 1. The zero-order valence-electron chi connectivity index (χ0n) is 9.50. The third-order valence-corrected chi connectivity index (χ3v) is 5.27. The molecule has 0 amide bonds. The van der Waals surface area contributed by atoms with Crippen molar-refractivity contribution in [2.45, 2.75) is 23.8 Å². The van der Waals surface area contributed by atoms with Crippen molar-refractivity contribution in [3.63, 3.8) is 0 Å². The Balaban J connectivity index is 2.42. The van der Waals surface area contributed by atoms with E-state index in [1.807, 2.05) is 0 Å². The third kappa shape index (κ3) is 1.88. The second kappa shape index (κ2) is 4.18. The van der Waals surface area contributed by atoms with E-state index in [9.17, 15) is 13.2 Å². The molecule has 0 spiro atoms. The molecule has 8 heteroatoms. The molecule has 0 aliphatic carbocycles. The Morgan fingerprint density at radius 2 is 2.22 bits per heavy atom. The monoisotopic (exact) mass is 290 g/mol. The molecule has 98 valence electrons. The molecule has 1 fully saturated rings. The molecule has 1 aliphatic heterocycles. The molecular formula is C10H11ClN2O4S. The van der Waals surface area contributed by atoms with Crippen LogP contribution in [0, 0.1) is 0 Å². The van der Waals surface area contributed by atoms with E-state index >= 15 is 0 Å². The van der Waals surface area contributed by atoms with Gasteiger partial charge in [-0.3, -0.25) is 9.78 Å². The van der Waals surface area contributed by atoms with Gasteiger partial charge >= 0.3 is 5.97 Å². The largest absolute Gasteiger partial charge is 0.480 e. The quantitative estimate of drug-likeness (QED) is 0.896. The Labute approximate surface area is 109 Å². The van der Waals surface area contributed by atoms with Crippen LogP contribution in [0.25, 0.3) is 0 Å². The number of aromatic nitrogens is 1. The smallest absolute Gasteiger partial charge is 0.324 e. The molecule has 0 radical (unpaired) electrons. The molecule has 1 aliphatic rings. The van der Waals surface area contributed by atoms with E-state index in [1.54, 1.807) is 0 Å². The van der Waals surface area contributed by atoms with E-state index in [0.29, 0.717) is 0 Å². The molecule has 2 heterocycles. The predicted molar refractivity (Wildman–Crippen MR) is 63.8 cm³/mol. The third-order valence-electron chi connectivity index (χ3n) is 3.08. The van der Waals surface area contributed by atoms with Crippen LogP contribution in [-0.2, 0) is 14.8 Å². The van der Waals surface area contributed by atoms with E-state index in [-0.39, 0.29) is 22.9 Å². The minimum Gasteiger partial charge on any atom is -0.480 e. The van der Waals surface area contributed by atoms with Gasteiger partial charge < -0.3 is 5.11 Å². The summed E-state index contributed by atoms with van der Waals surface area (Å²) in [5.41, 5.74) is -1.39. The predicted octanol–water partition coefficient (Wildman–Crippen LogP) is 0.973. The zero-order chi connectivity index (χ0) is 13.6. The number of rotatable bonds is 3. The number of nitrogens with zero attached hydrogens (tertiary/aromatic N) is 2. The van der Waals surface area contributed by atoms with Crippen LogP contribution in [0.15, 0.2) is 23.4 Å². The molecule has 1 N–H and O–H groups in total. The number of aliphatic carboxylic acids is 1. The fraction of sp³-hybridized carbons (Fsp3) is 0.400. The summed E-state index contributed by atoms with van der Waals surface area (Å²) in [6, 6.07) is 1.25. The maximum absolute atomic E-state index is 12.3. The van der Waals surface area contributed by atoms with Gasteiger partial charge in [-0.25, -0.2) is 8.42 Å². The summed E-state index contributed by atoms with van der Waals surface area (Å²) >= 11 is 5.69. The zero-order valence-corrected chi connectivity index (χ0v) is 11.1. The Bertz CT molecular complexity index is 604. The van der Waals surface area contributed by atoms with Crippen LogP contribution in [0.4, 0.5) is 0 Å². The first-order chi connectivity index (χ1) is 8.28. The van der Waals surface area contributed by atoms with Gasteiger partial charge in [0.15, 0.2) is 0 Å². The van der Waals surface area contributed by atoms with E-state index in [4.69, 9.17) is 16.7 Å². The second-order valence-electron chi connectivity index (χ2n) is 4.25. The first-order valence-corrected chi connectivity index (χ1v) is 6.97. The summed E-state index contributed by atoms with van der Waals surface area (Å²) in [4.78, 5) is 14.7. The lowest BCUT2D eigenvalue weighted by molar-refractivity contribution is -0.153. The van der Waals surface area contributed by atoms with Gasteiger partial charge in [-0.05, 0) is 19.4 Å². The number of carboxylic acid groups (broad SMARTS) is 1. The van der Waals surface area contributed by atoms with Crippen LogP contribution in [0.3, 0.4) is 0 Å². The van der Waals surface area contributed by atoms with E-state index < -0.39 is 21.5 Å². The Hall–Kier alpha value is -1.18. The topological polar surface area (TPSA) is 87.6 Å². The van der Waals surface area contributed by atoms with E-state index in [0.717, 1.165) is 10.5 Å². The minimum atomic E-state index is -3.87. The summed E-state index contributed by atoms with van der Waals surface area (Å²) in [6.07, 6.45) is 2.75. The van der Waals surface area contributed by atoms with Crippen LogP contribution in [0.2, 0.25) is 5.02 Å². The minimum absolute atomic E-state index is 0.0952. The molecule has 18 heavy (non-hydrogen) atoms. The molecule has 0 bridgehead atoms. The van der Waals surface area contributed by atoms with Crippen LogP contribution >= 0.6 is 11.6 Å². The van der Waals surface area contributed by atoms with Crippen molar-refractivity contribution in [1.82, 2.24) is 9.29 Å². The molecule has 2 rings (SSSR count). The summed E-state index contributed by atoms with van der Waals surface area (Å²) < 4.78 is 25.5. The number of halogens is 1. The average Bonchev–Trinajstić information content (AvgIpc) is 2.25. The molecular weight excluding hydrogens is 280 g/mol. The molecule has 1 atom stereocenters. The van der Waals surface area contributed by atoms with Gasteiger partial charge in [0.1, 0.15) is 10.4 Å². The number of pyridine rings is 1. The van der Waals surface area contributed by atoms with Gasteiger partial charge in [0, 0.05) is 18.9 Å². The molecule has 1 aromatic heterocycles. The molecule has 1 saturated heterocycles. The summed E-state index contributed by atoms with van der Waals surface area (Å²) in [5, 5.41) is 9.27. The van der Waals surface area contributed by atoms with Gasteiger partial charge in [-0.1, -0.05) is 11.6 Å². The number of carboxylic acids is 1. The van der Waals surface area contributed by atoms with Crippen LogP contribution < -0.4 is 0 Å². The molecule has 6 nitrogen and oxygen atoms in total. The Morgan fingerprint density at radius 3 is 2.67 bits per heavy atom. The van der Waals surface area contributed by atoms with E-state index in [2.05, 4.69) is 4.98 Å². The SMILES string of the molecule is CC1(C(=O)O)CCN1S(=O)(=O)c1cncc(Cl)c1. The van der Waals surface area contributed by atoms with Crippen molar-refractivity contribution in [2.24, 2.45) is 0 Å². The number of carbonyl (C=O) groups is 1. The molecule has 0 aromatic carbocycles. The van der Waals surface area contributed by atoms with Crippen molar-refractivity contribution in [3.05, 3.63) is 23.5 Å². The van der Waals surface area contributed by atoms with Crippen molar-refractivity contribution in [3.8, 4) is 0 Å². The lowest BCUT2D eigenvalue weighted by Gasteiger charge is -2.45. The van der Waals surface area contributed by atoms with Crippen molar-refractivity contribution in [2.75, 3.05) is 6.54 Å². The van der Waals surface area contributed by atoms with Crippen LogP contribution in [0.1, 0.15) is 13.3 Å². The van der Waals surface area contributed by atoms with Gasteiger partial charge in [-0.2, -0.15) is 4.31 Å². The summed E-state index contributed by atoms with van der Waals surface area (Å²) in [5.74, 6) is -1.16. The Morgan fingerprint density at radius 1 is 1.56 bits per heavy atom. The lowest BCUT2D eigenvalue weighted by Crippen LogP contribution is -2.64. The molecule has 1 unspecified atom stereocenters. The first-order valence-electron chi connectivity index (χ1n) is 5.15.